The summed E-state index contributed by atoms with van der Waals surface area (Å²) < 4.78 is 11.3. The summed E-state index contributed by atoms with van der Waals surface area (Å²) in [5.41, 5.74) is 7.51. The Bertz CT molecular complexity index is 672. The van der Waals surface area contributed by atoms with E-state index in [0.717, 1.165) is 16.9 Å². The van der Waals surface area contributed by atoms with Crippen molar-refractivity contribution >= 4 is 23.2 Å². The van der Waals surface area contributed by atoms with Gasteiger partial charge in [0, 0.05) is 12.1 Å². The molecule has 0 saturated carbocycles. The summed E-state index contributed by atoms with van der Waals surface area (Å²) in [6, 6.07) is 9.17. The Kier molecular flexibility index (Phi) is 5.57. The number of benzene rings is 2. The maximum absolute atomic E-state index is 6.31. The van der Waals surface area contributed by atoms with Crippen molar-refractivity contribution in [2.75, 3.05) is 7.11 Å². The van der Waals surface area contributed by atoms with E-state index >= 15 is 0 Å². The third-order valence-corrected chi connectivity index (χ3v) is 4.10. The maximum Gasteiger partial charge on any atom is 0.164 e. The first-order valence-corrected chi connectivity index (χ1v) is 7.76. The minimum Gasteiger partial charge on any atom is -0.496 e. The first-order chi connectivity index (χ1) is 10.5. The Morgan fingerprint density at radius 2 is 1.86 bits per heavy atom. The summed E-state index contributed by atoms with van der Waals surface area (Å²) in [5, 5.41) is 0.890. The molecule has 2 aromatic rings. The van der Waals surface area contributed by atoms with Gasteiger partial charge in [0.2, 0.25) is 0 Å². The van der Waals surface area contributed by atoms with Crippen LogP contribution in [0, 0.1) is 0 Å². The number of methoxy groups -OCH3 is 1. The standard InChI is InChI=1S/C17H19Cl2NO2/c1-10(2)13-8-12(5-7-15(13)21-3)22-17-14(18)6-4-11(9-20)16(17)19/h4-8,10H,9,20H2,1-3H3. The molecule has 0 heterocycles. The molecule has 118 valence electrons. The highest BCUT2D eigenvalue weighted by Gasteiger charge is 2.14. The fourth-order valence-corrected chi connectivity index (χ4v) is 2.69. The van der Waals surface area contributed by atoms with Crippen molar-refractivity contribution < 1.29 is 9.47 Å². The van der Waals surface area contributed by atoms with Crippen LogP contribution < -0.4 is 15.2 Å². The predicted octanol–water partition coefficient (Wildman–Crippen LogP) is 5.38. The Labute approximate surface area is 140 Å². The van der Waals surface area contributed by atoms with E-state index in [2.05, 4.69) is 13.8 Å². The molecule has 0 amide bonds. The molecule has 0 radical (unpaired) electrons. The van der Waals surface area contributed by atoms with E-state index in [0.29, 0.717) is 34.0 Å². The van der Waals surface area contributed by atoms with Crippen molar-refractivity contribution in [2.24, 2.45) is 5.73 Å². The summed E-state index contributed by atoms with van der Waals surface area (Å²) in [4.78, 5) is 0. The van der Waals surface area contributed by atoms with Crippen LogP contribution in [0.2, 0.25) is 10.0 Å². The first kappa shape index (κ1) is 16.9. The van der Waals surface area contributed by atoms with Gasteiger partial charge in [0.25, 0.3) is 0 Å². The normalized spacial score (nSPS) is 10.9. The minimum absolute atomic E-state index is 0.305. The van der Waals surface area contributed by atoms with Gasteiger partial charge in [-0.3, -0.25) is 0 Å². The van der Waals surface area contributed by atoms with Crippen molar-refractivity contribution in [1.29, 1.82) is 0 Å². The van der Waals surface area contributed by atoms with E-state index in [-0.39, 0.29) is 0 Å². The van der Waals surface area contributed by atoms with Gasteiger partial charge in [0.1, 0.15) is 11.5 Å². The lowest BCUT2D eigenvalue weighted by atomic mass is 10.0. The van der Waals surface area contributed by atoms with Crippen molar-refractivity contribution in [2.45, 2.75) is 26.3 Å². The van der Waals surface area contributed by atoms with Crippen LogP contribution in [-0.4, -0.2) is 7.11 Å². The monoisotopic (exact) mass is 339 g/mol. The van der Waals surface area contributed by atoms with Crippen LogP contribution in [0.15, 0.2) is 30.3 Å². The zero-order valence-electron chi connectivity index (χ0n) is 12.8. The van der Waals surface area contributed by atoms with Crippen LogP contribution in [0.5, 0.6) is 17.2 Å². The van der Waals surface area contributed by atoms with Crippen LogP contribution in [0.1, 0.15) is 30.9 Å². The molecule has 0 aliphatic carbocycles. The van der Waals surface area contributed by atoms with Gasteiger partial charge in [-0.2, -0.15) is 0 Å². The highest BCUT2D eigenvalue weighted by Crippen LogP contribution is 2.40. The summed E-state index contributed by atoms with van der Waals surface area (Å²) in [7, 11) is 1.65. The number of hydrogen-bond donors (Lipinski definition) is 1. The van der Waals surface area contributed by atoms with Gasteiger partial charge >= 0.3 is 0 Å². The van der Waals surface area contributed by atoms with Gasteiger partial charge in [0.15, 0.2) is 5.75 Å². The lowest BCUT2D eigenvalue weighted by Crippen LogP contribution is -1.99. The van der Waals surface area contributed by atoms with E-state index in [1.807, 2.05) is 18.2 Å². The minimum atomic E-state index is 0.305. The molecule has 3 nitrogen and oxygen atoms in total. The van der Waals surface area contributed by atoms with E-state index < -0.39 is 0 Å². The molecule has 22 heavy (non-hydrogen) atoms. The van der Waals surface area contributed by atoms with Gasteiger partial charge in [-0.1, -0.05) is 43.1 Å². The zero-order chi connectivity index (χ0) is 16.3. The lowest BCUT2D eigenvalue weighted by Gasteiger charge is -2.16. The molecular formula is C17H19Cl2NO2. The molecule has 0 bridgehead atoms. The molecule has 5 heteroatoms. The number of rotatable bonds is 5. The second-order valence-corrected chi connectivity index (χ2v) is 6.00. The molecule has 0 saturated heterocycles. The van der Waals surface area contributed by atoms with Gasteiger partial charge in [0.05, 0.1) is 17.2 Å². The summed E-state index contributed by atoms with van der Waals surface area (Å²) in [6.07, 6.45) is 0. The van der Waals surface area contributed by atoms with E-state index in [4.69, 9.17) is 38.4 Å². The molecule has 0 aliphatic rings. The summed E-state index contributed by atoms with van der Waals surface area (Å²) in [5.74, 6) is 2.21. The molecule has 2 rings (SSSR count). The highest BCUT2D eigenvalue weighted by molar-refractivity contribution is 6.37. The van der Waals surface area contributed by atoms with Crippen LogP contribution in [0.4, 0.5) is 0 Å². The molecule has 0 unspecified atom stereocenters. The maximum atomic E-state index is 6.31. The SMILES string of the molecule is COc1ccc(Oc2c(Cl)ccc(CN)c2Cl)cc1C(C)C. The van der Waals surface area contributed by atoms with Crippen molar-refractivity contribution in [1.82, 2.24) is 0 Å². The Morgan fingerprint density at radius 3 is 2.45 bits per heavy atom. The molecule has 0 spiro atoms. The van der Waals surface area contributed by atoms with E-state index in [1.54, 1.807) is 19.2 Å². The van der Waals surface area contributed by atoms with E-state index in [9.17, 15) is 0 Å². The second kappa shape index (κ2) is 7.23. The summed E-state index contributed by atoms with van der Waals surface area (Å²) >= 11 is 12.5. The Balaban J connectivity index is 2.41. The summed E-state index contributed by atoms with van der Waals surface area (Å²) in [6.45, 7) is 4.51. The van der Waals surface area contributed by atoms with Gasteiger partial charge in [-0.05, 0) is 35.7 Å². The highest BCUT2D eigenvalue weighted by atomic mass is 35.5. The third-order valence-electron chi connectivity index (χ3n) is 3.39. The van der Waals surface area contributed by atoms with Crippen molar-refractivity contribution in [3.8, 4) is 17.2 Å². The van der Waals surface area contributed by atoms with Gasteiger partial charge in [-0.25, -0.2) is 0 Å². The number of halogens is 2. The number of ether oxygens (including phenoxy) is 2. The Hall–Kier alpha value is -1.42. The average molecular weight is 340 g/mol. The van der Waals surface area contributed by atoms with Crippen LogP contribution in [0.3, 0.4) is 0 Å². The van der Waals surface area contributed by atoms with E-state index in [1.165, 1.54) is 0 Å². The van der Waals surface area contributed by atoms with Crippen LogP contribution >= 0.6 is 23.2 Å². The molecular weight excluding hydrogens is 321 g/mol. The molecule has 0 atom stereocenters. The topological polar surface area (TPSA) is 44.5 Å². The van der Waals surface area contributed by atoms with Crippen molar-refractivity contribution in [3.05, 3.63) is 51.5 Å². The quantitative estimate of drug-likeness (QED) is 0.795. The van der Waals surface area contributed by atoms with Gasteiger partial charge < -0.3 is 15.2 Å². The third kappa shape index (κ3) is 3.49. The van der Waals surface area contributed by atoms with Crippen LogP contribution in [0.25, 0.3) is 0 Å². The largest absolute Gasteiger partial charge is 0.496 e. The zero-order valence-corrected chi connectivity index (χ0v) is 14.3. The smallest absolute Gasteiger partial charge is 0.164 e. The number of hydrogen-bond acceptors (Lipinski definition) is 3. The fraction of sp³-hybridized carbons (Fsp3) is 0.294. The van der Waals surface area contributed by atoms with Gasteiger partial charge in [-0.15, -0.1) is 0 Å². The molecule has 0 aromatic heterocycles. The molecule has 0 fully saturated rings. The Morgan fingerprint density at radius 1 is 1.14 bits per heavy atom. The van der Waals surface area contributed by atoms with Crippen LogP contribution in [-0.2, 0) is 6.54 Å². The fourth-order valence-electron chi connectivity index (χ4n) is 2.17. The first-order valence-electron chi connectivity index (χ1n) is 7.00. The lowest BCUT2D eigenvalue weighted by molar-refractivity contribution is 0.405. The molecule has 0 aliphatic heterocycles. The predicted molar refractivity (Wildman–Crippen MR) is 91.5 cm³/mol. The molecule has 2 aromatic carbocycles. The molecule has 2 N–H and O–H groups in total. The van der Waals surface area contributed by atoms with Crippen molar-refractivity contribution in [3.63, 3.8) is 0 Å². The average Bonchev–Trinajstić information content (AvgIpc) is 2.51. The second-order valence-electron chi connectivity index (χ2n) is 5.21. The number of nitrogens with two attached hydrogens (primary N) is 1.